The van der Waals surface area contributed by atoms with Gasteiger partial charge >= 0.3 is 0 Å². The van der Waals surface area contributed by atoms with Crippen LogP contribution < -0.4 is 0 Å². The lowest BCUT2D eigenvalue weighted by Crippen LogP contribution is -2.33. The smallest absolute Gasteiger partial charge is 0.260 e. The molecule has 0 aliphatic carbocycles. The molecule has 0 N–H and O–H groups in total. The zero-order chi connectivity index (χ0) is 10.2. The number of nitrogens with zero attached hydrogens (tertiary/aromatic N) is 1. The molecular weight excluding hydrogens is 160 g/mol. The van der Waals surface area contributed by atoms with Crippen LogP contribution in [0.5, 0.6) is 0 Å². The second-order valence-electron chi connectivity index (χ2n) is 2.54. The van der Waals surface area contributed by atoms with E-state index < -0.39 is 5.92 Å². The molecule has 0 aliphatic heterocycles. The lowest BCUT2D eigenvalue weighted by atomic mass is 10.2. The van der Waals surface area contributed by atoms with Gasteiger partial charge in [-0.25, -0.2) is 8.78 Å². The lowest BCUT2D eigenvalue weighted by molar-refractivity contribution is -0.0285. The quantitative estimate of drug-likeness (QED) is 0.644. The highest BCUT2D eigenvalue weighted by molar-refractivity contribution is 4.67. The molecule has 0 rings (SSSR count). The maximum Gasteiger partial charge on any atom is 0.260 e. The van der Waals surface area contributed by atoms with Gasteiger partial charge in [-0.1, -0.05) is 27.7 Å². The molecule has 0 aromatic heterocycles. The van der Waals surface area contributed by atoms with Gasteiger partial charge in [0.25, 0.3) is 5.92 Å². The third-order valence-corrected chi connectivity index (χ3v) is 1.56. The second kappa shape index (κ2) is 7.47. The third-order valence-electron chi connectivity index (χ3n) is 1.56. The number of alkyl halides is 2. The molecule has 0 spiro atoms. The maximum atomic E-state index is 12.5. The van der Waals surface area contributed by atoms with E-state index in [0.717, 1.165) is 0 Å². The van der Waals surface area contributed by atoms with E-state index in [1.807, 2.05) is 20.8 Å². The molecule has 12 heavy (non-hydrogen) atoms. The van der Waals surface area contributed by atoms with E-state index in [1.54, 1.807) is 11.9 Å². The highest BCUT2D eigenvalue weighted by atomic mass is 19.3. The Labute approximate surface area is 74.8 Å². The Morgan fingerprint density at radius 3 is 1.83 bits per heavy atom. The molecule has 0 atom stereocenters. The molecule has 0 aliphatic rings. The van der Waals surface area contributed by atoms with Crippen LogP contribution in [-0.2, 0) is 0 Å². The zero-order valence-corrected chi connectivity index (χ0v) is 8.82. The Hall–Kier alpha value is -0.180. The molecule has 0 saturated heterocycles. The van der Waals surface area contributed by atoms with Crippen LogP contribution >= 0.6 is 0 Å². The molecule has 0 bridgehead atoms. The minimum Gasteiger partial charge on any atom is -0.301 e. The van der Waals surface area contributed by atoms with Crippen molar-refractivity contribution in [3.05, 3.63) is 0 Å². The Balaban J connectivity index is 0. The molecule has 0 amide bonds. The summed E-state index contributed by atoms with van der Waals surface area (Å²) in [5, 5.41) is 0. The molecule has 3 heteroatoms. The van der Waals surface area contributed by atoms with Crippen molar-refractivity contribution in [3.63, 3.8) is 0 Å². The SMILES string of the molecule is CC.CCN(C)CC(F)(F)CC. The molecule has 0 fully saturated rings. The Kier molecular flexibility index (Phi) is 8.93. The number of halogens is 2. The van der Waals surface area contributed by atoms with Gasteiger partial charge in [0, 0.05) is 6.42 Å². The lowest BCUT2D eigenvalue weighted by Gasteiger charge is -2.20. The predicted octanol–water partition coefficient (Wildman–Crippen LogP) is 3.01. The Morgan fingerprint density at radius 2 is 1.58 bits per heavy atom. The fourth-order valence-electron chi connectivity index (χ4n) is 0.619. The zero-order valence-electron chi connectivity index (χ0n) is 8.82. The molecule has 0 unspecified atom stereocenters. The van der Waals surface area contributed by atoms with Crippen LogP contribution in [0.4, 0.5) is 8.78 Å². The van der Waals surface area contributed by atoms with E-state index >= 15 is 0 Å². The summed E-state index contributed by atoms with van der Waals surface area (Å²) in [6, 6.07) is 0. The van der Waals surface area contributed by atoms with Crippen molar-refractivity contribution in [2.45, 2.75) is 40.0 Å². The van der Waals surface area contributed by atoms with Gasteiger partial charge in [0.1, 0.15) is 0 Å². The molecule has 76 valence electrons. The van der Waals surface area contributed by atoms with Crippen LogP contribution in [0.1, 0.15) is 34.1 Å². The topological polar surface area (TPSA) is 3.24 Å². The van der Waals surface area contributed by atoms with E-state index in [1.165, 1.54) is 6.92 Å². The fraction of sp³-hybridized carbons (Fsp3) is 1.00. The minimum atomic E-state index is -2.51. The first-order valence-corrected chi connectivity index (χ1v) is 4.58. The summed E-state index contributed by atoms with van der Waals surface area (Å²) in [7, 11) is 1.70. The largest absolute Gasteiger partial charge is 0.301 e. The van der Waals surface area contributed by atoms with Crippen LogP contribution in [0.2, 0.25) is 0 Å². The first kappa shape index (κ1) is 14.3. The molecule has 0 aromatic rings. The van der Waals surface area contributed by atoms with E-state index in [-0.39, 0.29) is 13.0 Å². The Bertz CT molecular complexity index is 94.5. The molecule has 0 saturated carbocycles. The summed E-state index contributed by atoms with van der Waals surface area (Å²) >= 11 is 0. The highest BCUT2D eigenvalue weighted by Crippen LogP contribution is 2.17. The van der Waals surface area contributed by atoms with Gasteiger partial charge in [0.15, 0.2) is 0 Å². The van der Waals surface area contributed by atoms with Crippen LogP contribution in [0.15, 0.2) is 0 Å². The van der Waals surface area contributed by atoms with Crippen molar-refractivity contribution in [2.75, 3.05) is 20.1 Å². The first-order valence-electron chi connectivity index (χ1n) is 4.58. The van der Waals surface area contributed by atoms with Gasteiger partial charge in [-0.2, -0.15) is 0 Å². The van der Waals surface area contributed by atoms with Gasteiger partial charge in [-0.3, -0.25) is 0 Å². The average molecular weight is 181 g/mol. The van der Waals surface area contributed by atoms with Crippen molar-refractivity contribution in [2.24, 2.45) is 0 Å². The monoisotopic (exact) mass is 181 g/mol. The van der Waals surface area contributed by atoms with Gasteiger partial charge in [-0.05, 0) is 13.6 Å². The first-order chi connectivity index (χ1) is 5.52. The second-order valence-corrected chi connectivity index (χ2v) is 2.54. The van der Waals surface area contributed by atoms with Gasteiger partial charge < -0.3 is 4.90 Å². The number of hydrogen-bond acceptors (Lipinski definition) is 1. The van der Waals surface area contributed by atoms with E-state index in [4.69, 9.17) is 0 Å². The summed E-state index contributed by atoms with van der Waals surface area (Å²) in [6.45, 7) is 7.92. The predicted molar refractivity (Wildman–Crippen MR) is 49.8 cm³/mol. The van der Waals surface area contributed by atoms with Gasteiger partial charge in [0.2, 0.25) is 0 Å². The Morgan fingerprint density at radius 1 is 1.17 bits per heavy atom. The molecule has 1 nitrogen and oxygen atoms in total. The van der Waals surface area contributed by atoms with E-state index in [9.17, 15) is 8.78 Å². The molecular formula is C9H21F2N. The molecule has 0 aromatic carbocycles. The van der Waals surface area contributed by atoms with Crippen molar-refractivity contribution in [1.29, 1.82) is 0 Å². The third kappa shape index (κ3) is 7.92. The highest BCUT2D eigenvalue weighted by Gasteiger charge is 2.26. The van der Waals surface area contributed by atoms with Crippen molar-refractivity contribution < 1.29 is 8.78 Å². The standard InChI is InChI=1S/C7H15F2N.C2H6/c1-4-7(8,9)6-10(3)5-2;1-2/h4-6H2,1-3H3;1-2H3. The summed E-state index contributed by atoms with van der Waals surface area (Å²) in [5.74, 6) is -2.51. The summed E-state index contributed by atoms with van der Waals surface area (Å²) in [6.07, 6.45) is -0.0721. The van der Waals surface area contributed by atoms with Crippen LogP contribution in [0.3, 0.4) is 0 Å². The summed E-state index contributed by atoms with van der Waals surface area (Å²) < 4.78 is 25.1. The summed E-state index contributed by atoms with van der Waals surface area (Å²) in [4.78, 5) is 1.61. The van der Waals surface area contributed by atoms with Crippen molar-refractivity contribution in [3.8, 4) is 0 Å². The van der Waals surface area contributed by atoms with Crippen LogP contribution in [0.25, 0.3) is 0 Å². The van der Waals surface area contributed by atoms with E-state index in [0.29, 0.717) is 6.54 Å². The van der Waals surface area contributed by atoms with Crippen molar-refractivity contribution >= 4 is 0 Å². The van der Waals surface area contributed by atoms with E-state index in [2.05, 4.69) is 0 Å². The maximum absolute atomic E-state index is 12.5. The van der Waals surface area contributed by atoms with Crippen LogP contribution in [-0.4, -0.2) is 31.0 Å². The van der Waals surface area contributed by atoms with Gasteiger partial charge in [0.05, 0.1) is 6.54 Å². The fourth-order valence-corrected chi connectivity index (χ4v) is 0.619. The summed E-state index contributed by atoms with van der Waals surface area (Å²) in [5.41, 5.74) is 0. The van der Waals surface area contributed by atoms with Crippen LogP contribution in [0, 0.1) is 0 Å². The van der Waals surface area contributed by atoms with Gasteiger partial charge in [-0.15, -0.1) is 0 Å². The number of hydrogen-bond donors (Lipinski definition) is 0. The average Bonchev–Trinajstić information content (AvgIpc) is 2.07. The molecule has 0 radical (unpaired) electrons. The minimum absolute atomic E-state index is 0.0721. The normalized spacial score (nSPS) is 11.0. The van der Waals surface area contributed by atoms with Crippen molar-refractivity contribution in [1.82, 2.24) is 4.90 Å². The number of rotatable bonds is 4. The molecule has 0 heterocycles.